The minimum atomic E-state index is -0.294. The summed E-state index contributed by atoms with van der Waals surface area (Å²) in [6.07, 6.45) is 3.56. The number of piperazine rings is 1. The van der Waals surface area contributed by atoms with Crippen LogP contribution >= 0.6 is 0 Å². The molecule has 7 heteroatoms. The molecule has 2 aromatic carbocycles. The van der Waals surface area contributed by atoms with Gasteiger partial charge in [0, 0.05) is 30.4 Å². The minimum Gasteiger partial charge on any atom is -0.353 e. The first-order valence-electron chi connectivity index (χ1n) is 8.57. The molecule has 6 nitrogen and oxygen atoms in total. The third kappa shape index (κ3) is 3.57. The predicted molar refractivity (Wildman–Crippen MR) is 97.9 cm³/mol. The fraction of sp³-hybridized carbons (Fsp3) is 0.150. The van der Waals surface area contributed by atoms with Gasteiger partial charge in [-0.25, -0.2) is 9.07 Å². The molecule has 27 heavy (non-hydrogen) atoms. The zero-order chi connectivity index (χ0) is 18.8. The summed E-state index contributed by atoms with van der Waals surface area (Å²) < 4.78 is 14.7. The Bertz CT molecular complexity index is 980. The first-order chi connectivity index (χ1) is 13.1. The van der Waals surface area contributed by atoms with Crippen molar-refractivity contribution in [3.05, 3.63) is 72.3 Å². The predicted octanol–water partition coefficient (Wildman–Crippen LogP) is 2.25. The van der Waals surface area contributed by atoms with Gasteiger partial charge in [-0.1, -0.05) is 12.1 Å². The third-order valence-electron chi connectivity index (χ3n) is 4.46. The number of carbonyl (C=O) groups is 2. The van der Waals surface area contributed by atoms with Gasteiger partial charge >= 0.3 is 0 Å². The van der Waals surface area contributed by atoms with Gasteiger partial charge in [0.15, 0.2) is 0 Å². The van der Waals surface area contributed by atoms with Crippen LogP contribution in [0.25, 0.3) is 16.8 Å². The van der Waals surface area contributed by atoms with E-state index in [1.807, 2.05) is 18.3 Å². The molecule has 1 saturated heterocycles. The molecule has 0 bridgehead atoms. The summed E-state index contributed by atoms with van der Waals surface area (Å²) in [4.78, 5) is 25.5. The van der Waals surface area contributed by atoms with Gasteiger partial charge in [-0.05, 0) is 42.0 Å². The monoisotopic (exact) mass is 364 g/mol. The van der Waals surface area contributed by atoms with Crippen LogP contribution in [0.4, 0.5) is 4.39 Å². The van der Waals surface area contributed by atoms with Crippen molar-refractivity contribution in [2.24, 2.45) is 0 Å². The summed E-state index contributed by atoms with van der Waals surface area (Å²) in [5.41, 5.74) is 3.10. The maximum Gasteiger partial charge on any atom is 0.254 e. The first-order valence-corrected chi connectivity index (χ1v) is 8.57. The number of halogens is 1. The average molecular weight is 364 g/mol. The molecule has 4 rings (SSSR count). The SMILES string of the molecule is O=C1CN(C(=O)c2ccc(-c3cnn(-c4ccc(F)cc4)c3)cc2)CCN1. The van der Waals surface area contributed by atoms with Crippen LogP contribution in [0.1, 0.15) is 10.4 Å². The number of hydrogen-bond acceptors (Lipinski definition) is 3. The summed E-state index contributed by atoms with van der Waals surface area (Å²) in [5.74, 6) is -0.588. The van der Waals surface area contributed by atoms with E-state index in [1.165, 1.54) is 12.1 Å². The van der Waals surface area contributed by atoms with Crippen molar-refractivity contribution in [1.82, 2.24) is 20.0 Å². The Morgan fingerprint density at radius 2 is 1.78 bits per heavy atom. The highest BCUT2D eigenvalue weighted by Crippen LogP contribution is 2.21. The Kier molecular flexibility index (Phi) is 4.42. The lowest BCUT2D eigenvalue weighted by molar-refractivity contribution is -0.123. The van der Waals surface area contributed by atoms with E-state index in [1.54, 1.807) is 40.0 Å². The highest BCUT2D eigenvalue weighted by molar-refractivity contribution is 5.97. The van der Waals surface area contributed by atoms with Gasteiger partial charge in [-0.2, -0.15) is 5.10 Å². The zero-order valence-electron chi connectivity index (χ0n) is 14.4. The van der Waals surface area contributed by atoms with Crippen molar-refractivity contribution in [3.63, 3.8) is 0 Å². The topological polar surface area (TPSA) is 67.2 Å². The van der Waals surface area contributed by atoms with E-state index in [0.29, 0.717) is 18.7 Å². The summed E-state index contributed by atoms with van der Waals surface area (Å²) in [6, 6.07) is 13.3. The van der Waals surface area contributed by atoms with Crippen LogP contribution < -0.4 is 5.32 Å². The molecule has 1 aromatic heterocycles. The molecule has 0 radical (unpaired) electrons. The first kappa shape index (κ1) is 17.0. The van der Waals surface area contributed by atoms with Crippen molar-refractivity contribution in [1.29, 1.82) is 0 Å². The Hall–Kier alpha value is -3.48. The summed E-state index contributed by atoms with van der Waals surface area (Å²) in [7, 11) is 0. The smallest absolute Gasteiger partial charge is 0.254 e. The molecule has 3 aromatic rings. The standard InChI is InChI=1S/C20H17FN4O2/c21-17-5-7-18(8-6-17)25-12-16(11-23-25)14-1-3-15(4-2-14)20(27)24-10-9-22-19(26)13-24/h1-8,11-12H,9-10,13H2,(H,22,26). The van der Waals surface area contributed by atoms with Crippen molar-refractivity contribution in [2.45, 2.75) is 0 Å². The Morgan fingerprint density at radius 1 is 1.04 bits per heavy atom. The largest absolute Gasteiger partial charge is 0.353 e. The molecule has 1 fully saturated rings. The summed E-state index contributed by atoms with van der Waals surface area (Å²) in [6.45, 7) is 1.08. The second kappa shape index (κ2) is 7.03. The van der Waals surface area contributed by atoms with Crippen molar-refractivity contribution < 1.29 is 14.0 Å². The van der Waals surface area contributed by atoms with E-state index in [0.717, 1.165) is 16.8 Å². The molecule has 0 spiro atoms. The van der Waals surface area contributed by atoms with Crippen LogP contribution in [0.15, 0.2) is 60.9 Å². The Labute approximate surface area is 155 Å². The average Bonchev–Trinajstić information content (AvgIpc) is 3.18. The lowest BCUT2D eigenvalue weighted by Gasteiger charge is -2.26. The number of benzene rings is 2. The number of nitrogens with one attached hydrogen (secondary N) is 1. The zero-order valence-corrected chi connectivity index (χ0v) is 14.4. The van der Waals surface area contributed by atoms with Gasteiger partial charge in [0.05, 0.1) is 18.4 Å². The Morgan fingerprint density at radius 3 is 2.48 bits per heavy atom. The van der Waals surface area contributed by atoms with Gasteiger partial charge < -0.3 is 10.2 Å². The van der Waals surface area contributed by atoms with Crippen LogP contribution in [0.3, 0.4) is 0 Å². The molecule has 0 unspecified atom stereocenters. The molecular weight excluding hydrogens is 347 g/mol. The van der Waals surface area contributed by atoms with Crippen LogP contribution in [0.2, 0.25) is 0 Å². The lowest BCUT2D eigenvalue weighted by Crippen LogP contribution is -2.49. The van der Waals surface area contributed by atoms with Gasteiger partial charge in [-0.3, -0.25) is 9.59 Å². The van der Waals surface area contributed by atoms with Crippen LogP contribution in [0.5, 0.6) is 0 Å². The van der Waals surface area contributed by atoms with E-state index in [-0.39, 0.29) is 24.2 Å². The molecule has 1 aliphatic rings. The van der Waals surface area contributed by atoms with Crippen molar-refractivity contribution in [2.75, 3.05) is 19.6 Å². The van der Waals surface area contributed by atoms with Gasteiger partial charge in [0.25, 0.3) is 5.91 Å². The number of hydrogen-bond donors (Lipinski definition) is 1. The highest BCUT2D eigenvalue weighted by Gasteiger charge is 2.22. The van der Waals surface area contributed by atoms with E-state index in [9.17, 15) is 14.0 Å². The second-order valence-corrected chi connectivity index (χ2v) is 6.30. The van der Waals surface area contributed by atoms with E-state index >= 15 is 0 Å². The molecule has 0 aliphatic carbocycles. The van der Waals surface area contributed by atoms with Crippen molar-refractivity contribution in [3.8, 4) is 16.8 Å². The van der Waals surface area contributed by atoms with Crippen LogP contribution in [0, 0.1) is 5.82 Å². The maximum atomic E-state index is 13.0. The Balaban J connectivity index is 1.51. The second-order valence-electron chi connectivity index (χ2n) is 6.30. The van der Waals surface area contributed by atoms with E-state index in [4.69, 9.17) is 0 Å². The molecule has 2 amide bonds. The van der Waals surface area contributed by atoms with Gasteiger partial charge in [0.2, 0.25) is 5.91 Å². The summed E-state index contributed by atoms with van der Waals surface area (Å²) >= 11 is 0. The number of amides is 2. The fourth-order valence-electron chi connectivity index (χ4n) is 3.01. The summed E-state index contributed by atoms with van der Waals surface area (Å²) in [5, 5.41) is 7.01. The number of carbonyl (C=O) groups excluding carboxylic acids is 2. The molecule has 136 valence electrons. The number of rotatable bonds is 3. The van der Waals surface area contributed by atoms with Gasteiger partial charge in [0.1, 0.15) is 5.82 Å². The highest BCUT2D eigenvalue weighted by atomic mass is 19.1. The number of nitrogens with zero attached hydrogens (tertiary/aromatic N) is 3. The maximum absolute atomic E-state index is 13.0. The fourth-order valence-corrected chi connectivity index (χ4v) is 3.01. The molecule has 2 heterocycles. The minimum absolute atomic E-state index is 0.0883. The third-order valence-corrected chi connectivity index (χ3v) is 4.46. The molecule has 0 atom stereocenters. The van der Waals surface area contributed by atoms with Crippen LogP contribution in [-0.4, -0.2) is 46.1 Å². The number of aromatic nitrogens is 2. The van der Waals surface area contributed by atoms with E-state index in [2.05, 4.69) is 10.4 Å². The molecule has 0 saturated carbocycles. The van der Waals surface area contributed by atoms with E-state index < -0.39 is 0 Å². The molecular formula is C20H17FN4O2. The molecule has 1 N–H and O–H groups in total. The van der Waals surface area contributed by atoms with Gasteiger partial charge in [-0.15, -0.1) is 0 Å². The van der Waals surface area contributed by atoms with Crippen molar-refractivity contribution >= 4 is 11.8 Å². The lowest BCUT2D eigenvalue weighted by atomic mass is 10.1. The quantitative estimate of drug-likeness (QED) is 0.775. The molecule has 1 aliphatic heterocycles. The van der Waals surface area contributed by atoms with Crippen LogP contribution in [-0.2, 0) is 4.79 Å². The normalized spacial score (nSPS) is 14.1.